The zero-order valence-electron chi connectivity index (χ0n) is 29.7. The molecular weight excluding hydrogens is 641 g/mol. The summed E-state index contributed by atoms with van der Waals surface area (Å²) in [7, 11) is 4.34. The minimum absolute atomic E-state index is 0.102. The minimum Gasteiger partial charge on any atom is -0.367 e. The second-order valence-corrected chi connectivity index (χ2v) is 15.0. The number of benzene rings is 4. The van der Waals surface area contributed by atoms with E-state index < -0.39 is 0 Å². The zero-order valence-corrected chi connectivity index (χ0v) is 31.2. The molecule has 2 heterocycles. The Morgan fingerprint density at radius 1 is 0.776 bits per heavy atom. The summed E-state index contributed by atoms with van der Waals surface area (Å²) in [6.07, 6.45) is 13.4. The molecule has 0 spiro atoms. The van der Waals surface area contributed by atoms with E-state index in [4.69, 9.17) is 23.2 Å². The molecule has 4 aromatic carbocycles. The SMILES string of the molecule is CCC(=C/C/C=C1/N(C)c2ccc(Cl)cc2C1(C)C)/C(=C/C=C/C1N(C)c2ccc(Cl)cc2C1(C)C)N(c1ccccc1)c1ccccc1. The van der Waals surface area contributed by atoms with Gasteiger partial charge in [0.15, 0.2) is 0 Å². The van der Waals surface area contributed by atoms with Gasteiger partial charge in [-0.05, 0) is 96.3 Å². The van der Waals surface area contributed by atoms with Crippen LogP contribution in [-0.4, -0.2) is 20.1 Å². The van der Waals surface area contributed by atoms with Gasteiger partial charge in [-0.3, -0.25) is 0 Å². The Balaban J connectivity index is 1.41. The number of halogens is 2. The number of anilines is 4. The van der Waals surface area contributed by atoms with Gasteiger partial charge in [0, 0.05) is 69.1 Å². The van der Waals surface area contributed by atoms with E-state index in [0.717, 1.165) is 40.0 Å². The smallest absolute Gasteiger partial charge is 0.0565 e. The van der Waals surface area contributed by atoms with Gasteiger partial charge in [0.1, 0.15) is 0 Å². The van der Waals surface area contributed by atoms with Gasteiger partial charge in [-0.15, -0.1) is 0 Å². The third-order valence-electron chi connectivity index (χ3n) is 10.4. The molecule has 49 heavy (non-hydrogen) atoms. The minimum atomic E-state index is -0.140. The van der Waals surface area contributed by atoms with E-state index in [2.05, 4.69) is 179 Å². The highest BCUT2D eigenvalue weighted by atomic mass is 35.5. The molecule has 4 aromatic rings. The summed E-state index contributed by atoms with van der Waals surface area (Å²) >= 11 is 12.9. The average molecular weight is 689 g/mol. The molecule has 2 aliphatic rings. The van der Waals surface area contributed by atoms with Gasteiger partial charge in [0.25, 0.3) is 0 Å². The molecule has 252 valence electrons. The van der Waals surface area contributed by atoms with E-state index in [1.165, 1.54) is 33.8 Å². The van der Waals surface area contributed by atoms with Crippen molar-refractivity contribution < 1.29 is 0 Å². The topological polar surface area (TPSA) is 9.72 Å². The van der Waals surface area contributed by atoms with E-state index in [-0.39, 0.29) is 16.9 Å². The Labute approximate surface area is 303 Å². The lowest BCUT2D eigenvalue weighted by molar-refractivity contribution is 0.488. The second-order valence-electron chi connectivity index (χ2n) is 14.1. The normalized spacial score (nSPS) is 19.1. The van der Waals surface area contributed by atoms with Crippen LogP contribution in [0, 0.1) is 0 Å². The highest BCUT2D eigenvalue weighted by molar-refractivity contribution is 6.31. The predicted octanol–water partition coefficient (Wildman–Crippen LogP) is 12.4. The number of allylic oxidation sites excluding steroid dienone is 6. The summed E-state index contributed by atoms with van der Waals surface area (Å²) < 4.78 is 0. The molecule has 2 aliphatic heterocycles. The van der Waals surface area contributed by atoms with E-state index in [1.54, 1.807) is 0 Å². The van der Waals surface area contributed by atoms with Gasteiger partial charge >= 0.3 is 0 Å². The Hall–Kier alpha value is -4.18. The molecule has 0 saturated carbocycles. The van der Waals surface area contributed by atoms with Crippen LogP contribution in [0.15, 0.2) is 144 Å². The van der Waals surface area contributed by atoms with E-state index in [0.29, 0.717) is 0 Å². The summed E-state index contributed by atoms with van der Waals surface area (Å²) in [4.78, 5) is 7.07. The molecule has 0 aromatic heterocycles. The summed E-state index contributed by atoms with van der Waals surface area (Å²) in [5.41, 5.74) is 10.7. The molecule has 0 fully saturated rings. The van der Waals surface area contributed by atoms with Gasteiger partial charge in [0.2, 0.25) is 0 Å². The van der Waals surface area contributed by atoms with Gasteiger partial charge < -0.3 is 14.7 Å². The lowest BCUT2D eigenvalue weighted by Gasteiger charge is -2.30. The average Bonchev–Trinajstić information content (AvgIpc) is 3.39. The number of fused-ring (bicyclic) bond motifs is 2. The van der Waals surface area contributed by atoms with Crippen LogP contribution in [0.2, 0.25) is 10.0 Å². The van der Waals surface area contributed by atoms with Crippen LogP contribution in [0.1, 0.15) is 58.6 Å². The van der Waals surface area contributed by atoms with Crippen molar-refractivity contribution >= 4 is 46.0 Å². The summed E-state index contributed by atoms with van der Waals surface area (Å²) in [5.74, 6) is 0. The van der Waals surface area contributed by atoms with Crippen molar-refractivity contribution in [2.75, 3.05) is 28.8 Å². The maximum atomic E-state index is 6.46. The fraction of sp³-hybridized carbons (Fsp3) is 0.273. The molecule has 6 rings (SSSR count). The van der Waals surface area contributed by atoms with Crippen molar-refractivity contribution in [1.82, 2.24) is 0 Å². The molecular formula is C44H47Cl2N3. The first kappa shape index (κ1) is 34.7. The molecule has 0 amide bonds. The van der Waals surface area contributed by atoms with Crippen molar-refractivity contribution in [1.29, 1.82) is 0 Å². The number of rotatable bonds is 9. The molecule has 1 unspecified atom stereocenters. The van der Waals surface area contributed by atoms with Crippen LogP contribution < -0.4 is 14.7 Å². The molecule has 0 radical (unpaired) electrons. The predicted molar refractivity (Wildman–Crippen MR) is 213 cm³/mol. The lowest BCUT2D eigenvalue weighted by Crippen LogP contribution is -2.37. The van der Waals surface area contributed by atoms with Crippen LogP contribution in [-0.2, 0) is 10.8 Å². The zero-order chi connectivity index (χ0) is 34.9. The summed E-state index contributed by atoms with van der Waals surface area (Å²) in [6, 6.07) is 34.0. The van der Waals surface area contributed by atoms with Crippen molar-refractivity contribution in [2.45, 2.75) is 64.3 Å². The first-order chi connectivity index (χ1) is 23.4. The van der Waals surface area contributed by atoms with Crippen molar-refractivity contribution in [3.8, 4) is 0 Å². The van der Waals surface area contributed by atoms with Crippen molar-refractivity contribution in [3.05, 3.63) is 166 Å². The van der Waals surface area contributed by atoms with E-state index >= 15 is 0 Å². The van der Waals surface area contributed by atoms with Gasteiger partial charge in [-0.25, -0.2) is 0 Å². The number of hydrogen-bond acceptors (Lipinski definition) is 3. The van der Waals surface area contributed by atoms with Gasteiger partial charge in [0.05, 0.1) is 6.04 Å². The Bertz CT molecular complexity index is 1900. The maximum Gasteiger partial charge on any atom is 0.0565 e. The summed E-state index contributed by atoms with van der Waals surface area (Å²) in [5, 5.41) is 1.56. The first-order valence-electron chi connectivity index (χ1n) is 17.2. The van der Waals surface area contributed by atoms with Crippen LogP contribution in [0.5, 0.6) is 0 Å². The van der Waals surface area contributed by atoms with Gasteiger partial charge in [-0.1, -0.05) is 119 Å². The number of hydrogen-bond donors (Lipinski definition) is 0. The molecule has 0 N–H and O–H groups in total. The molecule has 5 heteroatoms. The van der Waals surface area contributed by atoms with Crippen molar-refractivity contribution in [3.63, 3.8) is 0 Å². The third-order valence-corrected chi connectivity index (χ3v) is 10.9. The molecule has 0 bridgehead atoms. The highest BCUT2D eigenvalue weighted by Crippen LogP contribution is 2.48. The van der Waals surface area contributed by atoms with Crippen LogP contribution in [0.25, 0.3) is 0 Å². The van der Waals surface area contributed by atoms with Gasteiger partial charge in [-0.2, -0.15) is 0 Å². The Kier molecular flexibility index (Phi) is 9.89. The number of para-hydroxylation sites is 2. The summed E-state index contributed by atoms with van der Waals surface area (Å²) in [6.45, 7) is 11.5. The van der Waals surface area contributed by atoms with Crippen molar-refractivity contribution in [2.24, 2.45) is 0 Å². The second kappa shape index (κ2) is 14.0. The Morgan fingerprint density at radius 3 is 1.94 bits per heavy atom. The highest BCUT2D eigenvalue weighted by Gasteiger charge is 2.41. The fourth-order valence-corrected chi connectivity index (χ4v) is 8.12. The Morgan fingerprint density at radius 2 is 1.35 bits per heavy atom. The molecule has 1 atom stereocenters. The fourth-order valence-electron chi connectivity index (χ4n) is 7.78. The van der Waals surface area contributed by atoms with Crippen LogP contribution >= 0.6 is 23.2 Å². The third kappa shape index (κ3) is 6.59. The standard InChI is InChI=1S/C44H47Cl2N3/c1-8-31(17-15-23-41-43(2,3)36-29-32(45)25-27-39(36)47(41)6)38(49(34-18-11-9-12-19-34)35-20-13-10-14-21-35)22-16-24-42-44(4,5)37-30-33(46)26-28-40(37)48(42)7/h9-14,16-30,42H,8,15H2,1-7H3/b24-16+,31-17-,38-22-,41-23+. The molecule has 0 aliphatic carbocycles. The first-order valence-corrected chi connectivity index (χ1v) is 18.0. The quantitative estimate of drug-likeness (QED) is 0.162. The monoisotopic (exact) mass is 687 g/mol. The van der Waals surface area contributed by atoms with Crippen LogP contribution in [0.4, 0.5) is 22.7 Å². The number of likely N-dealkylation sites (N-methyl/N-ethyl adjacent to an activating group) is 2. The number of nitrogens with zero attached hydrogens (tertiary/aromatic N) is 3. The van der Waals surface area contributed by atoms with Crippen LogP contribution in [0.3, 0.4) is 0 Å². The van der Waals surface area contributed by atoms with E-state index in [9.17, 15) is 0 Å². The molecule has 0 saturated heterocycles. The molecule has 3 nitrogen and oxygen atoms in total. The lowest BCUT2D eigenvalue weighted by atomic mass is 9.80. The largest absolute Gasteiger partial charge is 0.367 e. The maximum absolute atomic E-state index is 6.46. The van der Waals surface area contributed by atoms with E-state index in [1.807, 2.05) is 12.1 Å².